The van der Waals surface area contributed by atoms with E-state index < -0.39 is 60.0 Å². The molecule has 0 saturated carbocycles. The van der Waals surface area contributed by atoms with Crippen molar-refractivity contribution in [3.63, 3.8) is 0 Å². The monoisotopic (exact) mass is 938 g/mol. The average molecular weight is 938 g/mol. The minimum absolute atomic E-state index is 0.0194. The van der Waals surface area contributed by atoms with Gasteiger partial charge < -0.3 is 74.6 Å². The zero-order chi connectivity index (χ0) is 51.7. The highest BCUT2D eigenvalue weighted by Gasteiger charge is 2.30. The minimum Gasteiger partial charge on any atom is -0.508 e. The number of carboxylic acids is 6. The summed E-state index contributed by atoms with van der Waals surface area (Å²) in [5.74, 6) is -5.05. The number of rotatable bonds is 19. The summed E-state index contributed by atoms with van der Waals surface area (Å²) < 4.78 is 0. The Bertz CT molecular complexity index is 1790. The highest BCUT2D eigenvalue weighted by Crippen LogP contribution is 2.46. The molecule has 0 radical (unpaired) electrons. The van der Waals surface area contributed by atoms with Crippen LogP contribution in [0.4, 0.5) is 0 Å². The predicted molar refractivity (Wildman–Crippen MR) is 250 cm³/mol. The number of unbranched alkanes of at least 4 members (excludes halogenated alkanes) is 3. The lowest BCUT2D eigenvalue weighted by Gasteiger charge is -2.31. The zero-order valence-corrected chi connectivity index (χ0v) is 38.8. The molecule has 1 aliphatic carbocycles. The summed E-state index contributed by atoms with van der Waals surface area (Å²) >= 11 is 0. The Morgan fingerprint density at radius 1 is 0.712 bits per heavy atom. The van der Waals surface area contributed by atoms with Crippen LogP contribution in [0.15, 0.2) is 60.2 Å². The Labute approximate surface area is 386 Å². The molecule has 6 atom stereocenters. The van der Waals surface area contributed by atoms with Crippen molar-refractivity contribution in [2.75, 3.05) is 6.54 Å². The number of benzene rings is 2. The van der Waals surface area contributed by atoms with Crippen LogP contribution in [-0.4, -0.2) is 112 Å². The summed E-state index contributed by atoms with van der Waals surface area (Å²) in [4.78, 5) is 59.0. The van der Waals surface area contributed by atoms with Crippen LogP contribution in [0.2, 0.25) is 0 Å². The molecule has 0 unspecified atom stereocenters. The highest BCUT2D eigenvalue weighted by atomic mass is 16.4. The van der Waals surface area contributed by atoms with Crippen LogP contribution in [-0.2, 0) is 41.6 Å². The van der Waals surface area contributed by atoms with Gasteiger partial charge in [-0.2, -0.15) is 0 Å². The topological polar surface area (TPSA) is 415 Å². The first-order valence-electron chi connectivity index (χ1n) is 21.3. The molecule has 0 aromatic heterocycles. The molecular weight excluding hydrogens is 863 g/mol. The number of aromatic hydroxyl groups is 3. The molecule has 20 heteroatoms. The van der Waals surface area contributed by atoms with Gasteiger partial charge in [-0.25, -0.2) is 0 Å². The molecule has 0 saturated heterocycles. The van der Waals surface area contributed by atoms with E-state index in [9.17, 15) is 34.2 Å². The third-order valence-corrected chi connectivity index (χ3v) is 9.35. The van der Waals surface area contributed by atoms with E-state index >= 15 is 0 Å². The van der Waals surface area contributed by atoms with E-state index in [-0.39, 0.29) is 48.3 Å². The number of allylic oxidation sites excluding steroid dienone is 3. The van der Waals surface area contributed by atoms with Crippen molar-refractivity contribution in [3.05, 3.63) is 76.9 Å². The second-order valence-electron chi connectivity index (χ2n) is 15.6. The van der Waals surface area contributed by atoms with E-state index in [1.807, 2.05) is 19.1 Å². The standard InChI is InChI=1S/C21H30O2.C9H11NO3.C6H14N2O2.C5H9NO4.C3H7NO2.C2H4O2/c1-5-6-7-8-16-12-19(22)21(20(23)13-16)18-11-15(4)9-10-17(18)14(2)3;10-8(9(12)13)5-6-1-3-7(11)4-2-6;7-4-2-1-3-5(8)6(9)10;6-3(5(9)10)1-2-4(7)8;1-2(4)3(5)6;1-2(3)4/h11-13,17-18,22-23H,2,5-10H2,1,3-4H3;1-4,8,11H,5,10H2,(H,12,13);5H,1-4,7-8H2,(H,9,10);3H,1-2,6H2,(H,7,8)(H,9,10);2H,4H2,1H3,(H,5,6);1H3,(H,3,4)/t17-,18+;8-;5-;3-;2-;/m00000./s1. The van der Waals surface area contributed by atoms with Crippen LogP contribution in [0.1, 0.15) is 121 Å². The molecule has 0 aliphatic heterocycles. The third kappa shape index (κ3) is 32.6. The number of carbonyl (C=O) groups is 6. The maximum absolute atomic E-state index is 10.5. The van der Waals surface area contributed by atoms with E-state index in [1.165, 1.54) is 37.5 Å². The number of phenols is 3. The molecule has 19 N–H and O–H groups in total. The Kier molecular flexibility index (Phi) is 35.2. The lowest BCUT2D eigenvalue weighted by atomic mass is 9.73. The fourth-order valence-electron chi connectivity index (χ4n) is 5.66. The first-order chi connectivity index (χ1) is 30.6. The molecule has 66 heavy (non-hydrogen) atoms. The third-order valence-electron chi connectivity index (χ3n) is 9.35. The van der Waals surface area contributed by atoms with Crippen LogP contribution < -0.4 is 28.7 Å². The van der Waals surface area contributed by atoms with Gasteiger partial charge in [0.1, 0.15) is 41.4 Å². The molecule has 0 spiro atoms. The zero-order valence-electron chi connectivity index (χ0n) is 38.8. The Morgan fingerprint density at radius 3 is 1.58 bits per heavy atom. The van der Waals surface area contributed by atoms with Crippen molar-refractivity contribution in [3.8, 4) is 17.2 Å². The van der Waals surface area contributed by atoms with E-state index in [2.05, 4.69) is 26.5 Å². The SMILES string of the molecule is C=C(C)[C@@H]1CCC(C)=C[C@H]1c1c(O)cc(CCCCC)cc1O.CC(=O)O.C[C@H](N)C(=O)O.NCCCC[C@H](N)C(=O)O.N[C@@H](CCC(=O)O)C(=O)O.N[C@@H](Cc1ccc(O)cc1)C(=O)O. The van der Waals surface area contributed by atoms with E-state index in [0.717, 1.165) is 62.1 Å². The number of aliphatic carboxylic acids is 6. The summed E-state index contributed by atoms with van der Waals surface area (Å²) in [5, 5.41) is 78.5. The van der Waals surface area contributed by atoms with Crippen LogP contribution in [0.5, 0.6) is 17.2 Å². The summed E-state index contributed by atoms with van der Waals surface area (Å²) in [6.07, 6.45) is 10.8. The van der Waals surface area contributed by atoms with Crippen molar-refractivity contribution >= 4 is 35.8 Å². The molecule has 0 bridgehead atoms. The molecule has 1 aliphatic rings. The first kappa shape index (κ1) is 64.2. The quantitative estimate of drug-likeness (QED) is 0.0681. The minimum atomic E-state index is -1.17. The fourth-order valence-corrected chi connectivity index (χ4v) is 5.66. The molecule has 2 aromatic rings. The van der Waals surface area contributed by atoms with Gasteiger partial charge in [-0.05, 0) is 120 Å². The Balaban J connectivity index is -0.000000792. The molecule has 20 nitrogen and oxygen atoms in total. The maximum atomic E-state index is 10.5. The molecular formula is C46H75N5O15. The highest BCUT2D eigenvalue weighted by molar-refractivity contribution is 5.75. The van der Waals surface area contributed by atoms with E-state index in [0.29, 0.717) is 18.5 Å². The summed E-state index contributed by atoms with van der Waals surface area (Å²) in [5.41, 5.74) is 30.5. The van der Waals surface area contributed by atoms with Gasteiger partial charge in [0.05, 0.1) is 0 Å². The van der Waals surface area contributed by atoms with Gasteiger partial charge in [-0.1, -0.05) is 62.1 Å². The second kappa shape index (κ2) is 36.2. The van der Waals surface area contributed by atoms with Gasteiger partial charge in [-0.15, -0.1) is 0 Å². The predicted octanol–water partition coefficient (Wildman–Crippen LogP) is 4.49. The van der Waals surface area contributed by atoms with Crippen LogP contribution >= 0.6 is 0 Å². The van der Waals surface area contributed by atoms with Crippen molar-refractivity contribution in [1.29, 1.82) is 0 Å². The maximum Gasteiger partial charge on any atom is 0.320 e. The number of hydrogen-bond acceptors (Lipinski definition) is 14. The van der Waals surface area contributed by atoms with Crippen molar-refractivity contribution in [2.45, 2.75) is 142 Å². The lowest BCUT2D eigenvalue weighted by Crippen LogP contribution is -2.32. The molecule has 3 rings (SSSR count). The summed E-state index contributed by atoms with van der Waals surface area (Å²) in [6.45, 7) is 13.6. The van der Waals surface area contributed by atoms with Crippen molar-refractivity contribution in [2.24, 2.45) is 34.6 Å². The Hall–Kier alpha value is -6.06. The van der Waals surface area contributed by atoms with Crippen LogP contribution in [0, 0.1) is 5.92 Å². The largest absolute Gasteiger partial charge is 0.508 e. The van der Waals surface area contributed by atoms with Gasteiger partial charge in [0.2, 0.25) is 0 Å². The molecule has 0 amide bonds. The number of aryl methyl sites for hydroxylation is 1. The summed E-state index contributed by atoms with van der Waals surface area (Å²) in [7, 11) is 0. The van der Waals surface area contributed by atoms with Crippen molar-refractivity contribution in [1.82, 2.24) is 0 Å². The van der Waals surface area contributed by atoms with Crippen LogP contribution in [0.3, 0.4) is 0 Å². The van der Waals surface area contributed by atoms with Gasteiger partial charge in [0.15, 0.2) is 0 Å². The molecule has 0 heterocycles. The normalized spacial score (nSPS) is 15.3. The first-order valence-corrected chi connectivity index (χ1v) is 21.3. The van der Waals surface area contributed by atoms with Crippen molar-refractivity contribution < 1.29 is 74.7 Å². The summed E-state index contributed by atoms with van der Waals surface area (Å²) in [6, 6.07) is 6.58. The molecule has 374 valence electrons. The van der Waals surface area contributed by atoms with Gasteiger partial charge in [0.25, 0.3) is 5.97 Å². The van der Waals surface area contributed by atoms with Gasteiger partial charge in [0, 0.05) is 24.8 Å². The number of hydrogen-bond donors (Lipinski definition) is 14. The molecule has 2 aromatic carbocycles. The number of carboxylic acid groups (broad SMARTS) is 6. The fraction of sp³-hybridized carbons (Fsp3) is 0.522. The second-order valence-corrected chi connectivity index (χ2v) is 15.6. The van der Waals surface area contributed by atoms with Crippen LogP contribution in [0.25, 0.3) is 0 Å². The average Bonchev–Trinajstić information content (AvgIpc) is 3.21. The lowest BCUT2D eigenvalue weighted by molar-refractivity contribution is -0.141. The Morgan fingerprint density at radius 2 is 1.18 bits per heavy atom. The van der Waals surface area contributed by atoms with E-state index in [4.69, 9.17) is 69.2 Å². The van der Waals surface area contributed by atoms with Gasteiger partial charge >= 0.3 is 29.8 Å². The van der Waals surface area contributed by atoms with Gasteiger partial charge in [-0.3, -0.25) is 28.8 Å². The number of nitrogens with two attached hydrogens (primary N) is 5. The van der Waals surface area contributed by atoms with E-state index in [1.54, 1.807) is 12.1 Å². The molecule has 0 fully saturated rings. The smallest absolute Gasteiger partial charge is 0.320 e. The number of phenolic OH excluding ortho intramolecular Hbond substituents is 3.